The number of aliphatic imine (C=N–C) groups is 1. The molecule has 0 N–H and O–H groups in total. The summed E-state index contributed by atoms with van der Waals surface area (Å²) in [5, 5.41) is 0.478. The maximum absolute atomic E-state index is 13.9. The largest absolute Gasteiger partial charge is 0.371 e. The van der Waals surface area contributed by atoms with Crippen molar-refractivity contribution in [3.8, 4) is 0 Å². The first-order valence-electron chi connectivity index (χ1n) is 9.39. The van der Waals surface area contributed by atoms with Crippen molar-refractivity contribution in [2.24, 2.45) is 4.99 Å². The van der Waals surface area contributed by atoms with Crippen molar-refractivity contribution in [2.45, 2.75) is 19.8 Å². The van der Waals surface area contributed by atoms with Crippen LogP contribution in [-0.2, 0) is 4.79 Å². The van der Waals surface area contributed by atoms with E-state index < -0.39 is 5.82 Å². The second-order valence-electron chi connectivity index (χ2n) is 7.06. The zero-order valence-corrected chi connectivity index (χ0v) is 16.8. The van der Waals surface area contributed by atoms with Gasteiger partial charge in [-0.1, -0.05) is 18.2 Å². The number of hydrogen-bond donors (Lipinski definition) is 0. The Kier molecular flexibility index (Phi) is 5.22. The molecule has 0 saturated carbocycles. The number of amidine groups is 1. The Morgan fingerprint density at radius 1 is 1.14 bits per heavy atom. The van der Waals surface area contributed by atoms with E-state index in [4.69, 9.17) is 0 Å². The van der Waals surface area contributed by atoms with Crippen LogP contribution in [0.15, 0.2) is 52.4 Å². The van der Waals surface area contributed by atoms with Gasteiger partial charge in [0.25, 0.3) is 5.91 Å². The topological polar surface area (TPSA) is 35.9 Å². The van der Waals surface area contributed by atoms with Gasteiger partial charge < -0.3 is 4.90 Å². The number of likely N-dealkylation sites (N-methyl/N-ethyl adjacent to an activating group) is 1. The maximum Gasteiger partial charge on any atom is 0.266 e. The summed E-state index contributed by atoms with van der Waals surface area (Å²) in [6, 6.07) is 12.6. The molecule has 2 aromatic rings. The van der Waals surface area contributed by atoms with Gasteiger partial charge in [-0.05, 0) is 73.0 Å². The minimum atomic E-state index is -0.401. The molecule has 144 valence electrons. The average molecular weight is 396 g/mol. The number of hydrogen-bond acceptors (Lipinski definition) is 4. The molecule has 1 amide bonds. The molecule has 2 aliphatic heterocycles. The van der Waals surface area contributed by atoms with Gasteiger partial charge in [-0.15, -0.1) is 0 Å². The highest BCUT2D eigenvalue weighted by molar-refractivity contribution is 8.18. The van der Waals surface area contributed by atoms with Gasteiger partial charge in [0.15, 0.2) is 5.17 Å². The Bertz CT molecular complexity index is 979. The quantitative estimate of drug-likeness (QED) is 0.689. The molecule has 0 aliphatic carbocycles. The lowest BCUT2D eigenvalue weighted by molar-refractivity contribution is -0.121. The highest BCUT2D eigenvalue weighted by atomic mass is 32.2. The van der Waals surface area contributed by atoms with Crippen LogP contribution in [0.3, 0.4) is 0 Å². The Morgan fingerprint density at radius 2 is 1.89 bits per heavy atom. The van der Waals surface area contributed by atoms with Crippen LogP contribution in [-0.4, -0.2) is 36.1 Å². The third-order valence-corrected chi connectivity index (χ3v) is 6.10. The monoisotopic (exact) mass is 395 g/mol. The van der Waals surface area contributed by atoms with Crippen molar-refractivity contribution in [1.82, 2.24) is 4.90 Å². The SMILES string of the molecule is Cc1cc(/C=C2/SC(=Nc3ccccc3F)N(C)C2=O)ccc1N1CCCC1. The first-order chi connectivity index (χ1) is 13.5. The lowest BCUT2D eigenvalue weighted by Crippen LogP contribution is -2.23. The summed E-state index contributed by atoms with van der Waals surface area (Å²) in [5.41, 5.74) is 3.69. The van der Waals surface area contributed by atoms with E-state index in [2.05, 4.69) is 28.9 Å². The number of nitrogens with zero attached hydrogens (tertiary/aromatic N) is 3. The lowest BCUT2D eigenvalue weighted by Gasteiger charge is -2.20. The third kappa shape index (κ3) is 3.69. The minimum absolute atomic E-state index is 0.124. The van der Waals surface area contributed by atoms with Crippen LogP contribution in [0, 0.1) is 12.7 Å². The number of para-hydroxylation sites is 1. The minimum Gasteiger partial charge on any atom is -0.371 e. The summed E-state index contributed by atoms with van der Waals surface area (Å²) in [5.74, 6) is -0.525. The van der Waals surface area contributed by atoms with Crippen LogP contribution >= 0.6 is 11.8 Å². The van der Waals surface area contributed by atoms with E-state index in [1.54, 1.807) is 25.2 Å². The molecule has 4 rings (SSSR count). The zero-order valence-electron chi connectivity index (χ0n) is 16.0. The van der Waals surface area contributed by atoms with Crippen LogP contribution < -0.4 is 4.90 Å². The van der Waals surface area contributed by atoms with Gasteiger partial charge in [-0.3, -0.25) is 9.69 Å². The zero-order chi connectivity index (χ0) is 19.7. The Labute approximate surface area is 168 Å². The van der Waals surface area contributed by atoms with Crippen molar-refractivity contribution in [3.63, 3.8) is 0 Å². The van der Waals surface area contributed by atoms with Crippen LogP contribution in [0.2, 0.25) is 0 Å². The molecule has 6 heteroatoms. The van der Waals surface area contributed by atoms with Crippen LogP contribution in [0.1, 0.15) is 24.0 Å². The summed E-state index contributed by atoms with van der Waals surface area (Å²) < 4.78 is 13.9. The van der Waals surface area contributed by atoms with Crippen LogP contribution in [0.25, 0.3) is 6.08 Å². The molecule has 2 saturated heterocycles. The number of amides is 1. The van der Waals surface area contributed by atoms with E-state index in [9.17, 15) is 9.18 Å². The van der Waals surface area contributed by atoms with Crippen molar-refractivity contribution in [2.75, 3.05) is 25.0 Å². The first-order valence-corrected chi connectivity index (χ1v) is 10.2. The van der Waals surface area contributed by atoms with E-state index in [0.717, 1.165) is 18.7 Å². The molecule has 2 fully saturated rings. The fraction of sp³-hybridized carbons (Fsp3) is 0.273. The molecule has 0 aromatic heterocycles. The van der Waals surface area contributed by atoms with Crippen LogP contribution in [0.4, 0.5) is 15.8 Å². The van der Waals surface area contributed by atoms with Gasteiger partial charge in [-0.2, -0.15) is 0 Å². The van der Waals surface area contributed by atoms with E-state index in [0.29, 0.717) is 10.1 Å². The number of halogens is 1. The van der Waals surface area contributed by atoms with Gasteiger partial charge in [0.2, 0.25) is 0 Å². The molecule has 0 radical (unpaired) electrons. The average Bonchev–Trinajstić information content (AvgIpc) is 3.29. The van der Waals surface area contributed by atoms with Gasteiger partial charge in [0.05, 0.1) is 4.91 Å². The summed E-state index contributed by atoms with van der Waals surface area (Å²) >= 11 is 1.27. The Balaban J connectivity index is 1.59. The van der Waals surface area contributed by atoms with Gasteiger partial charge in [0.1, 0.15) is 11.5 Å². The summed E-state index contributed by atoms with van der Waals surface area (Å²) in [7, 11) is 1.66. The number of carbonyl (C=O) groups is 1. The number of benzene rings is 2. The summed E-state index contributed by atoms with van der Waals surface area (Å²) in [6.45, 7) is 4.32. The van der Waals surface area contributed by atoms with Crippen molar-refractivity contribution in [3.05, 3.63) is 64.3 Å². The fourth-order valence-corrected chi connectivity index (χ4v) is 4.51. The number of thioether (sulfide) groups is 1. The van der Waals surface area contributed by atoms with E-state index in [1.165, 1.54) is 46.8 Å². The van der Waals surface area contributed by atoms with Gasteiger partial charge in [0, 0.05) is 25.8 Å². The van der Waals surface area contributed by atoms with Gasteiger partial charge in [-0.25, -0.2) is 9.38 Å². The Hall–Kier alpha value is -2.60. The normalized spacial score (nSPS) is 20.0. The smallest absolute Gasteiger partial charge is 0.266 e. The molecule has 0 spiro atoms. The van der Waals surface area contributed by atoms with Crippen LogP contribution in [0.5, 0.6) is 0 Å². The fourth-order valence-electron chi connectivity index (χ4n) is 3.53. The molecule has 0 unspecified atom stereocenters. The molecule has 2 aromatic carbocycles. The van der Waals surface area contributed by atoms with Crippen molar-refractivity contribution < 1.29 is 9.18 Å². The molecular weight excluding hydrogens is 373 g/mol. The highest BCUT2D eigenvalue weighted by Crippen LogP contribution is 2.34. The van der Waals surface area contributed by atoms with Crippen molar-refractivity contribution in [1.29, 1.82) is 0 Å². The summed E-state index contributed by atoms with van der Waals surface area (Å²) in [4.78, 5) is 21.4. The second kappa shape index (κ2) is 7.80. The van der Waals surface area contributed by atoms with E-state index in [1.807, 2.05) is 12.1 Å². The standard InChI is InChI=1S/C22H22FN3OS/c1-15-13-16(9-10-19(15)26-11-5-6-12-26)14-20-21(27)25(2)22(28-20)24-18-8-4-3-7-17(18)23/h3-4,7-10,13-14H,5-6,11-12H2,1-2H3/b20-14+,24-22?. The molecular formula is C22H22FN3OS. The summed E-state index contributed by atoms with van der Waals surface area (Å²) in [6.07, 6.45) is 4.37. The Morgan fingerprint density at radius 3 is 2.61 bits per heavy atom. The predicted octanol–water partition coefficient (Wildman–Crippen LogP) is 4.97. The molecule has 0 atom stereocenters. The molecule has 28 heavy (non-hydrogen) atoms. The molecule has 2 heterocycles. The maximum atomic E-state index is 13.9. The molecule has 0 bridgehead atoms. The lowest BCUT2D eigenvalue weighted by atomic mass is 10.1. The highest BCUT2D eigenvalue weighted by Gasteiger charge is 2.30. The van der Waals surface area contributed by atoms with Gasteiger partial charge >= 0.3 is 0 Å². The molecule has 2 aliphatic rings. The predicted molar refractivity (Wildman–Crippen MR) is 114 cm³/mol. The number of anilines is 1. The number of aryl methyl sites for hydroxylation is 1. The molecule has 4 nitrogen and oxygen atoms in total. The third-order valence-electron chi connectivity index (χ3n) is 5.04. The van der Waals surface area contributed by atoms with Crippen molar-refractivity contribution >= 4 is 40.3 Å². The van der Waals surface area contributed by atoms with E-state index in [-0.39, 0.29) is 11.6 Å². The first kappa shape index (κ1) is 18.7. The second-order valence-corrected chi connectivity index (χ2v) is 8.07. The number of carbonyl (C=O) groups excluding carboxylic acids is 1. The number of rotatable bonds is 3. The van der Waals surface area contributed by atoms with E-state index >= 15 is 0 Å².